The van der Waals surface area contributed by atoms with Crippen LogP contribution in [0.2, 0.25) is 0 Å². The number of nitrogens with one attached hydrogen (secondary N) is 1. The third kappa shape index (κ3) is 9.71. The minimum atomic E-state index is -0.0519. The van der Waals surface area contributed by atoms with Gasteiger partial charge in [-0.15, -0.1) is 0 Å². The van der Waals surface area contributed by atoms with Gasteiger partial charge in [-0.1, -0.05) is 20.8 Å². The lowest BCUT2D eigenvalue weighted by atomic mass is 10.1. The molecule has 1 atom stereocenters. The van der Waals surface area contributed by atoms with Crippen LogP contribution in [0.25, 0.3) is 0 Å². The molecule has 0 aromatic carbocycles. The molecule has 3 nitrogen and oxygen atoms in total. The molecule has 1 unspecified atom stereocenters. The monoisotopic (exact) mass is 212 g/mol. The van der Waals surface area contributed by atoms with Crippen LogP contribution in [0.1, 0.15) is 40.0 Å². The highest BCUT2D eigenvalue weighted by atomic mass is 16.5. The van der Waals surface area contributed by atoms with E-state index in [1.54, 1.807) is 0 Å². The normalized spacial score (nSPS) is 12.7. The summed E-state index contributed by atoms with van der Waals surface area (Å²) in [6, 6.07) is 2.19. The summed E-state index contributed by atoms with van der Waals surface area (Å²) in [4.78, 5) is 0. The van der Waals surface area contributed by atoms with Gasteiger partial charge in [0, 0.05) is 13.2 Å². The molecule has 0 saturated carbocycles. The van der Waals surface area contributed by atoms with Crippen LogP contribution in [0.4, 0.5) is 0 Å². The van der Waals surface area contributed by atoms with Crippen molar-refractivity contribution in [1.29, 1.82) is 5.26 Å². The van der Waals surface area contributed by atoms with E-state index in [1.165, 1.54) is 0 Å². The fraction of sp³-hybridized carbons (Fsp3) is 0.917. The summed E-state index contributed by atoms with van der Waals surface area (Å²) in [7, 11) is 0. The fourth-order valence-corrected chi connectivity index (χ4v) is 1.15. The van der Waals surface area contributed by atoms with Crippen molar-refractivity contribution >= 4 is 0 Å². The molecule has 0 aliphatic rings. The fourth-order valence-electron chi connectivity index (χ4n) is 1.15. The lowest BCUT2D eigenvalue weighted by Gasteiger charge is -2.11. The Bertz CT molecular complexity index is 175. The van der Waals surface area contributed by atoms with Crippen molar-refractivity contribution in [2.45, 2.75) is 46.1 Å². The maximum absolute atomic E-state index is 8.83. The van der Waals surface area contributed by atoms with E-state index in [0.717, 1.165) is 32.4 Å². The van der Waals surface area contributed by atoms with Crippen molar-refractivity contribution in [2.24, 2.45) is 5.92 Å². The molecule has 1 N–H and O–H groups in total. The number of ether oxygens (including phenoxy) is 1. The molecule has 15 heavy (non-hydrogen) atoms. The number of rotatable bonds is 9. The molecule has 0 aromatic heterocycles. The van der Waals surface area contributed by atoms with Gasteiger partial charge < -0.3 is 10.1 Å². The molecule has 0 fully saturated rings. The summed E-state index contributed by atoms with van der Waals surface area (Å²) in [6.07, 6.45) is 2.95. The van der Waals surface area contributed by atoms with Crippen LogP contribution in [0.15, 0.2) is 0 Å². The van der Waals surface area contributed by atoms with Crippen LogP contribution in [-0.2, 0) is 4.74 Å². The number of nitrogens with zero attached hydrogens (tertiary/aromatic N) is 1. The second-order valence-electron chi connectivity index (χ2n) is 4.22. The first-order valence-corrected chi connectivity index (χ1v) is 5.91. The zero-order valence-corrected chi connectivity index (χ0v) is 10.3. The average Bonchev–Trinajstić information content (AvgIpc) is 2.21. The first kappa shape index (κ1) is 14.4. The second-order valence-corrected chi connectivity index (χ2v) is 4.22. The van der Waals surface area contributed by atoms with Crippen LogP contribution in [-0.4, -0.2) is 25.8 Å². The summed E-state index contributed by atoms with van der Waals surface area (Å²) in [5.41, 5.74) is 0. The zero-order valence-electron chi connectivity index (χ0n) is 10.3. The third-order valence-corrected chi connectivity index (χ3v) is 2.19. The Morgan fingerprint density at radius 3 is 2.47 bits per heavy atom. The van der Waals surface area contributed by atoms with E-state index in [1.807, 2.05) is 0 Å². The molecule has 0 heterocycles. The van der Waals surface area contributed by atoms with Gasteiger partial charge in [0.1, 0.15) is 0 Å². The van der Waals surface area contributed by atoms with Gasteiger partial charge in [0.2, 0.25) is 0 Å². The first-order valence-electron chi connectivity index (χ1n) is 5.91. The number of nitriles is 1. The highest BCUT2D eigenvalue weighted by Crippen LogP contribution is 2.00. The Balaban J connectivity index is 3.35. The van der Waals surface area contributed by atoms with Gasteiger partial charge in [-0.05, 0) is 31.7 Å². The Labute approximate surface area is 93.8 Å². The van der Waals surface area contributed by atoms with E-state index in [-0.39, 0.29) is 6.04 Å². The Hall–Kier alpha value is -0.590. The first-order chi connectivity index (χ1) is 7.20. The van der Waals surface area contributed by atoms with E-state index in [4.69, 9.17) is 10.00 Å². The van der Waals surface area contributed by atoms with E-state index >= 15 is 0 Å². The van der Waals surface area contributed by atoms with Crippen molar-refractivity contribution in [1.82, 2.24) is 5.32 Å². The minimum Gasteiger partial charge on any atom is -0.381 e. The van der Waals surface area contributed by atoms with Crippen LogP contribution in [0.5, 0.6) is 0 Å². The standard InChI is InChI=1S/C12H24N2O/c1-4-7-14-12(10-13)6-9-15-8-5-11(2)3/h11-12,14H,4-9H2,1-3H3. The molecule has 0 bridgehead atoms. The minimum absolute atomic E-state index is 0.0519. The van der Waals surface area contributed by atoms with E-state index in [2.05, 4.69) is 32.2 Å². The lowest BCUT2D eigenvalue weighted by molar-refractivity contribution is 0.118. The summed E-state index contributed by atoms with van der Waals surface area (Å²) in [6.45, 7) is 8.87. The van der Waals surface area contributed by atoms with Crippen LogP contribution in [0.3, 0.4) is 0 Å². The number of hydrogen-bond donors (Lipinski definition) is 1. The maximum Gasteiger partial charge on any atom is 0.0975 e. The summed E-state index contributed by atoms with van der Waals surface area (Å²) < 4.78 is 5.47. The van der Waals surface area contributed by atoms with Crippen molar-refractivity contribution in [3.63, 3.8) is 0 Å². The van der Waals surface area contributed by atoms with E-state index < -0.39 is 0 Å². The van der Waals surface area contributed by atoms with Crippen LogP contribution in [0, 0.1) is 17.2 Å². The molecule has 0 saturated heterocycles. The molecule has 0 aliphatic carbocycles. The maximum atomic E-state index is 8.83. The molecule has 0 amide bonds. The molecule has 0 rings (SSSR count). The molecule has 0 spiro atoms. The molecular weight excluding hydrogens is 188 g/mol. The van der Waals surface area contributed by atoms with Gasteiger partial charge in [-0.25, -0.2) is 0 Å². The predicted molar refractivity (Wildman–Crippen MR) is 62.6 cm³/mol. The van der Waals surface area contributed by atoms with Gasteiger partial charge in [0.25, 0.3) is 0 Å². The Morgan fingerprint density at radius 1 is 1.27 bits per heavy atom. The smallest absolute Gasteiger partial charge is 0.0975 e. The van der Waals surface area contributed by atoms with Crippen molar-refractivity contribution < 1.29 is 4.74 Å². The highest BCUT2D eigenvalue weighted by Gasteiger charge is 2.04. The summed E-state index contributed by atoms with van der Waals surface area (Å²) in [5, 5.41) is 12.0. The molecule has 0 radical (unpaired) electrons. The second kappa shape index (κ2) is 9.95. The van der Waals surface area contributed by atoms with Crippen molar-refractivity contribution in [2.75, 3.05) is 19.8 Å². The molecule has 0 aromatic rings. The zero-order chi connectivity index (χ0) is 11.5. The van der Waals surface area contributed by atoms with E-state index in [0.29, 0.717) is 12.5 Å². The number of hydrogen-bond acceptors (Lipinski definition) is 3. The predicted octanol–water partition coefficient (Wildman–Crippen LogP) is 2.33. The van der Waals surface area contributed by atoms with Crippen molar-refractivity contribution in [3.8, 4) is 6.07 Å². The topological polar surface area (TPSA) is 45.0 Å². The van der Waals surface area contributed by atoms with Gasteiger partial charge in [-0.2, -0.15) is 5.26 Å². The summed E-state index contributed by atoms with van der Waals surface area (Å²) in [5.74, 6) is 0.690. The summed E-state index contributed by atoms with van der Waals surface area (Å²) >= 11 is 0. The van der Waals surface area contributed by atoms with Crippen LogP contribution < -0.4 is 5.32 Å². The largest absolute Gasteiger partial charge is 0.381 e. The van der Waals surface area contributed by atoms with Crippen molar-refractivity contribution in [3.05, 3.63) is 0 Å². The molecular formula is C12H24N2O. The average molecular weight is 212 g/mol. The quantitative estimate of drug-likeness (QED) is 0.597. The van der Waals surface area contributed by atoms with Gasteiger partial charge in [0.15, 0.2) is 0 Å². The Morgan fingerprint density at radius 2 is 1.93 bits per heavy atom. The Kier molecular flexibility index (Phi) is 9.55. The highest BCUT2D eigenvalue weighted by molar-refractivity contribution is 4.89. The molecule has 0 aliphatic heterocycles. The van der Waals surface area contributed by atoms with E-state index in [9.17, 15) is 0 Å². The SMILES string of the molecule is CCCNC(C#N)CCOCCC(C)C. The molecule has 3 heteroatoms. The molecule has 88 valence electrons. The van der Waals surface area contributed by atoms with Gasteiger partial charge >= 0.3 is 0 Å². The third-order valence-electron chi connectivity index (χ3n) is 2.19. The van der Waals surface area contributed by atoms with Gasteiger partial charge in [0.05, 0.1) is 12.1 Å². The lowest BCUT2D eigenvalue weighted by Crippen LogP contribution is -2.29. The van der Waals surface area contributed by atoms with Gasteiger partial charge in [-0.3, -0.25) is 0 Å². The van der Waals surface area contributed by atoms with Crippen LogP contribution >= 0.6 is 0 Å².